The van der Waals surface area contributed by atoms with E-state index in [4.69, 9.17) is 10.2 Å². The van der Waals surface area contributed by atoms with Gasteiger partial charge in [-0.2, -0.15) is 0 Å². The summed E-state index contributed by atoms with van der Waals surface area (Å²) in [5, 5.41) is 17.7. The van der Waals surface area contributed by atoms with E-state index in [9.17, 15) is 4.39 Å². The van der Waals surface area contributed by atoms with Crippen LogP contribution in [0.15, 0.2) is 23.1 Å². The van der Waals surface area contributed by atoms with Gasteiger partial charge >= 0.3 is 0 Å². The van der Waals surface area contributed by atoms with E-state index in [2.05, 4.69) is 0 Å². The number of hydrogen-bond donors (Lipinski definition) is 2. The summed E-state index contributed by atoms with van der Waals surface area (Å²) >= 11 is 1.49. The molecule has 0 aliphatic rings. The molecule has 1 unspecified atom stereocenters. The van der Waals surface area contributed by atoms with Gasteiger partial charge in [0, 0.05) is 17.3 Å². The summed E-state index contributed by atoms with van der Waals surface area (Å²) in [7, 11) is 0. The fourth-order valence-electron chi connectivity index (χ4n) is 1.09. The van der Waals surface area contributed by atoms with Crippen LogP contribution < -0.4 is 0 Å². The van der Waals surface area contributed by atoms with Crippen molar-refractivity contribution in [2.75, 3.05) is 12.4 Å². The maximum Gasteiger partial charge on any atom is 0.124 e. The highest BCUT2D eigenvalue weighted by Gasteiger charge is 2.04. The summed E-state index contributed by atoms with van der Waals surface area (Å²) in [6.07, 6.45) is 0. The highest BCUT2D eigenvalue weighted by molar-refractivity contribution is 7.99. The minimum Gasteiger partial charge on any atom is -0.396 e. The normalized spacial score (nSPS) is 12.8. The predicted octanol–water partition coefficient (Wildman–Crippen LogP) is 2.04. The Balaban J connectivity index is 2.64. The molecule has 2 N–H and O–H groups in total. The molecular formula is C11H15FO2S. The van der Waals surface area contributed by atoms with Gasteiger partial charge in [-0.05, 0) is 29.7 Å². The van der Waals surface area contributed by atoms with E-state index in [0.717, 1.165) is 10.6 Å². The Kier molecular flexibility index (Phi) is 5.08. The van der Waals surface area contributed by atoms with Crippen molar-refractivity contribution in [1.29, 1.82) is 0 Å². The Morgan fingerprint density at radius 3 is 2.67 bits per heavy atom. The van der Waals surface area contributed by atoms with Crippen molar-refractivity contribution in [3.8, 4) is 0 Å². The van der Waals surface area contributed by atoms with Crippen LogP contribution >= 0.6 is 11.8 Å². The van der Waals surface area contributed by atoms with E-state index in [1.54, 1.807) is 6.07 Å². The lowest BCUT2D eigenvalue weighted by molar-refractivity contribution is 0.250. The Labute approximate surface area is 93.1 Å². The SMILES string of the molecule is CC(CO)CSc1cc(F)cc(CO)c1. The molecule has 84 valence electrons. The van der Waals surface area contributed by atoms with Gasteiger partial charge in [0.15, 0.2) is 0 Å². The van der Waals surface area contributed by atoms with Gasteiger partial charge in [-0.25, -0.2) is 4.39 Å². The molecule has 15 heavy (non-hydrogen) atoms. The van der Waals surface area contributed by atoms with Gasteiger partial charge in [0.25, 0.3) is 0 Å². The van der Waals surface area contributed by atoms with Crippen molar-refractivity contribution in [3.05, 3.63) is 29.6 Å². The average Bonchev–Trinajstić information content (AvgIpc) is 2.25. The van der Waals surface area contributed by atoms with Crippen molar-refractivity contribution in [2.45, 2.75) is 18.4 Å². The maximum absolute atomic E-state index is 13.0. The van der Waals surface area contributed by atoms with E-state index in [1.807, 2.05) is 6.92 Å². The zero-order valence-electron chi connectivity index (χ0n) is 8.61. The Morgan fingerprint density at radius 1 is 1.33 bits per heavy atom. The van der Waals surface area contributed by atoms with Crippen LogP contribution in [0.1, 0.15) is 12.5 Å². The number of halogens is 1. The lowest BCUT2D eigenvalue weighted by atomic mass is 10.2. The number of rotatable bonds is 5. The van der Waals surface area contributed by atoms with Gasteiger partial charge in [0.1, 0.15) is 5.82 Å². The van der Waals surface area contributed by atoms with E-state index in [0.29, 0.717) is 5.56 Å². The second-order valence-electron chi connectivity index (χ2n) is 3.55. The van der Waals surface area contributed by atoms with E-state index in [1.165, 1.54) is 23.9 Å². The molecule has 1 atom stereocenters. The molecule has 0 aromatic heterocycles. The summed E-state index contributed by atoms with van der Waals surface area (Å²) in [5.74, 6) is 0.599. The Morgan fingerprint density at radius 2 is 2.07 bits per heavy atom. The third-order valence-corrected chi connectivity index (χ3v) is 3.26. The molecular weight excluding hydrogens is 215 g/mol. The molecule has 1 aromatic rings. The highest BCUT2D eigenvalue weighted by atomic mass is 32.2. The molecule has 1 rings (SSSR count). The summed E-state index contributed by atoms with van der Waals surface area (Å²) in [5.41, 5.74) is 0.578. The van der Waals surface area contributed by atoms with Gasteiger partial charge in [-0.3, -0.25) is 0 Å². The van der Waals surface area contributed by atoms with Crippen LogP contribution in [0, 0.1) is 11.7 Å². The van der Waals surface area contributed by atoms with Gasteiger partial charge in [-0.15, -0.1) is 11.8 Å². The van der Waals surface area contributed by atoms with Gasteiger partial charge in [0.2, 0.25) is 0 Å². The van der Waals surface area contributed by atoms with Crippen molar-refractivity contribution >= 4 is 11.8 Å². The fourth-order valence-corrected chi connectivity index (χ4v) is 2.10. The molecule has 0 bridgehead atoms. The number of aliphatic hydroxyl groups excluding tert-OH is 2. The molecule has 0 aliphatic heterocycles. The molecule has 0 amide bonds. The molecule has 0 saturated carbocycles. The van der Waals surface area contributed by atoms with Gasteiger partial charge < -0.3 is 10.2 Å². The molecule has 0 saturated heterocycles. The number of thioether (sulfide) groups is 1. The van der Waals surface area contributed by atoms with E-state index < -0.39 is 0 Å². The monoisotopic (exact) mass is 230 g/mol. The van der Waals surface area contributed by atoms with E-state index >= 15 is 0 Å². The minimum absolute atomic E-state index is 0.134. The standard InChI is InChI=1S/C11H15FO2S/c1-8(5-13)7-15-11-3-9(6-14)2-10(12)4-11/h2-4,8,13-14H,5-7H2,1H3. The van der Waals surface area contributed by atoms with Crippen LogP contribution in [0.5, 0.6) is 0 Å². The topological polar surface area (TPSA) is 40.5 Å². The van der Waals surface area contributed by atoms with Crippen molar-refractivity contribution < 1.29 is 14.6 Å². The van der Waals surface area contributed by atoms with Crippen molar-refractivity contribution in [2.24, 2.45) is 5.92 Å². The summed E-state index contributed by atoms with van der Waals surface area (Å²) in [4.78, 5) is 0.791. The molecule has 0 radical (unpaired) electrons. The maximum atomic E-state index is 13.0. The van der Waals surface area contributed by atoms with Gasteiger partial charge in [0.05, 0.1) is 6.61 Å². The zero-order chi connectivity index (χ0) is 11.3. The minimum atomic E-state index is -0.333. The molecule has 4 heteroatoms. The first-order valence-electron chi connectivity index (χ1n) is 4.79. The third kappa shape index (κ3) is 4.20. The molecule has 0 aliphatic carbocycles. The van der Waals surface area contributed by atoms with E-state index in [-0.39, 0.29) is 24.9 Å². The Bertz CT molecular complexity index is 317. The predicted molar refractivity (Wildman–Crippen MR) is 59.3 cm³/mol. The van der Waals surface area contributed by atoms with Crippen LogP contribution in [0.3, 0.4) is 0 Å². The largest absolute Gasteiger partial charge is 0.396 e. The first-order chi connectivity index (χ1) is 7.15. The van der Waals surface area contributed by atoms with Crippen LogP contribution in [0.25, 0.3) is 0 Å². The summed E-state index contributed by atoms with van der Waals surface area (Å²) in [6, 6.07) is 4.52. The average molecular weight is 230 g/mol. The molecule has 1 aromatic carbocycles. The van der Waals surface area contributed by atoms with Crippen LogP contribution in [0.4, 0.5) is 4.39 Å². The Hall–Kier alpha value is -0.580. The number of aliphatic hydroxyl groups is 2. The highest BCUT2D eigenvalue weighted by Crippen LogP contribution is 2.23. The lowest BCUT2D eigenvalue weighted by Gasteiger charge is -2.08. The number of benzene rings is 1. The summed E-state index contributed by atoms with van der Waals surface area (Å²) < 4.78 is 13.0. The first-order valence-corrected chi connectivity index (χ1v) is 5.78. The summed E-state index contributed by atoms with van der Waals surface area (Å²) in [6.45, 7) is 1.91. The second-order valence-corrected chi connectivity index (χ2v) is 4.65. The van der Waals surface area contributed by atoms with Crippen molar-refractivity contribution in [3.63, 3.8) is 0 Å². The zero-order valence-corrected chi connectivity index (χ0v) is 9.43. The van der Waals surface area contributed by atoms with Crippen LogP contribution in [-0.2, 0) is 6.61 Å². The van der Waals surface area contributed by atoms with Crippen LogP contribution in [0.2, 0.25) is 0 Å². The molecule has 2 nitrogen and oxygen atoms in total. The smallest absolute Gasteiger partial charge is 0.124 e. The molecule has 0 spiro atoms. The molecule has 0 heterocycles. The number of hydrogen-bond acceptors (Lipinski definition) is 3. The quantitative estimate of drug-likeness (QED) is 0.760. The fraction of sp³-hybridized carbons (Fsp3) is 0.455. The second kappa shape index (κ2) is 6.10. The first kappa shape index (κ1) is 12.5. The third-order valence-electron chi connectivity index (χ3n) is 1.96. The van der Waals surface area contributed by atoms with Crippen LogP contribution in [-0.4, -0.2) is 22.6 Å². The molecule has 0 fully saturated rings. The van der Waals surface area contributed by atoms with Crippen molar-refractivity contribution in [1.82, 2.24) is 0 Å². The van der Waals surface area contributed by atoms with Gasteiger partial charge in [-0.1, -0.05) is 6.92 Å². The lowest BCUT2D eigenvalue weighted by Crippen LogP contribution is -2.03.